The molecule has 0 amide bonds. The summed E-state index contributed by atoms with van der Waals surface area (Å²) in [5, 5.41) is 3.41. The summed E-state index contributed by atoms with van der Waals surface area (Å²) in [6.07, 6.45) is 2.04. The lowest BCUT2D eigenvalue weighted by Crippen LogP contribution is -2.15. The van der Waals surface area contributed by atoms with E-state index < -0.39 is 0 Å². The van der Waals surface area contributed by atoms with Crippen molar-refractivity contribution in [3.05, 3.63) is 23.8 Å². The van der Waals surface area contributed by atoms with Crippen molar-refractivity contribution < 1.29 is 4.74 Å². The van der Waals surface area contributed by atoms with Gasteiger partial charge in [-0.15, -0.1) is 11.8 Å². The number of rotatable bonds is 10. The molecule has 20 heavy (non-hydrogen) atoms. The number of benzene rings is 1. The minimum atomic E-state index is 0.450. The Hall–Kier alpha value is -0.780. The second kappa shape index (κ2) is 10.0. The van der Waals surface area contributed by atoms with Crippen LogP contribution < -0.4 is 11.1 Å². The topological polar surface area (TPSA) is 47.3 Å². The number of hydrogen-bond acceptors (Lipinski definition) is 4. The van der Waals surface area contributed by atoms with Crippen LogP contribution in [0.3, 0.4) is 0 Å². The van der Waals surface area contributed by atoms with Crippen molar-refractivity contribution in [2.45, 2.75) is 31.6 Å². The molecular formula is C15H24N2OS2. The van der Waals surface area contributed by atoms with E-state index in [2.05, 4.69) is 25.2 Å². The van der Waals surface area contributed by atoms with E-state index >= 15 is 0 Å². The van der Waals surface area contributed by atoms with Crippen LogP contribution in [0.25, 0.3) is 0 Å². The number of thioether (sulfide) groups is 1. The molecule has 0 aromatic heterocycles. The van der Waals surface area contributed by atoms with Crippen molar-refractivity contribution in [2.75, 3.05) is 30.8 Å². The van der Waals surface area contributed by atoms with Crippen molar-refractivity contribution in [3.8, 4) is 0 Å². The molecule has 0 fully saturated rings. The average molecular weight is 313 g/mol. The summed E-state index contributed by atoms with van der Waals surface area (Å²) in [6, 6.07) is 6.13. The predicted octanol–water partition coefficient (Wildman–Crippen LogP) is 3.66. The van der Waals surface area contributed by atoms with Crippen LogP contribution in [-0.4, -0.2) is 30.5 Å². The van der Waals surface area contributed by atoms with E-state index in [4.69, 9.17) is 22.7 Å². The lowest BCUT2D eigenvalue weighted by Gasteiger charge is -2.14. The summed E-state index contributed by atoms with van der Waals surface area (Å²) >= 11 is 6.95. The van der Waals surface area contributed by atoms with Gasteiger partial charge in [-0.25, -0.2) is 0 Å². The lowest BCUT2D eigenvalue weighted by atomic mass is 10.1. The predicted molar refractivity (Wildman–Crippen MR) is 92.9 cm³/mol. The molecule has 0 bridgehead atoms. The van der Waals surface area contributed by atoms with Crippen molar-refractivity contribution in [3.63, 3.8) is 0 Å². The molecule has 1 aromatic rings. The largest absolute Gasteiger partial charge is 0.389 e. The van der Waals surface area contributed by atoms with Gasteiger partial charge in [-0.3, -0.25) is 0 Å². The first kappa shape index (κ1) is 17.3. The summed E-state index contributed by atoms with van der Waals surface area (Å²) < 4.78 is 5.47. The Labute approximate surface area is 131 Å². The Morgan fingerprint density at radius 2 is 2.15 bits per heavy atom. The van der Waals surface area contributed by atoms with Crippen LogP contribution in [0.15, 0.2) is 23.1 Å². The second-order valence-corrected chi connectivity index (χ2v) is 6.11. The van der Waals surface area contributed by atoms with E-state index in [1.54, 1.807) is 11.8 Å². The zero-order valence-corrected chi connectivity index (χ0v) is 13.9. The fourth-order valence-corrected chi connectivity index (χ4v) is 2.99. The first-order chi connectivity index (χ1) is 9.70. The van der Waals surface area contributed by atoms with Gasteiger partial charge in [0.1, 0.15) is 4.99 Å². The number of nitrogens with two attached hydrogens (primary N) is 1. The third-order valence-electron chi connectivity index (χ3n) is 2.70. The molecule has 3 N–H and O–H groups in total. The molecule has 0 aliphatic heterocycles. The molecule has 0 radical (unpaired) electrons. The van der Waals surface area contributed by atoms with Crippen LogP contribution in [0.2, 0.25) is 0 Å². The number of anilines is 1. The smallest absolute Gasteiger partial charge is 0.107 e. The van der Waals surface area contributed by atoms with E-state index in [0.717, 1.165) is 54.5 Å². The third kappa shape index (κ3) is 5.69. The van der Waals surface area contributed by atoms with Gasteiger partial charge in [0.25, 0.3) is 0 Å². The number of thiocarbonyl (C=S) groups is 1. The van der Waals surface area contributed by atoms with Crippen LogP contribution in [0.1, 0.15) is 32.3 Å². The molecule has 0 saturated heterocycles. The molecule has 3 nitrogen and oxygen atoms in total. The van der Waals surface area contributed by atoms with Crippen LogP contribution in [-0.2, 0) is 4.74 Å². The quantitative estimate of drug-likeness (QED) is 0.392. The Balaban J connectivity index is 2.60. The van der Waals surface area contributed by atoms with Crippen molar-refractivity contribution in [2.24, 2.45) is 5.73 Å². The van der Waals surface area contributed by atoms with Gasteiger partial charge in [0.15, 0.2) is 0 Å². The van der Waals surface area contributed by atoms with Crippen LogP contribution in [0.4, 0.5) is 5.69 Å². The maximum Gasteiger partial charge on any atom is 0.107 e. The molecule has 0 heterocycles. The molecule has 0 aliphatic rings. The summed E-state index contributed by atoms with van der Waals surface area (Å²) in [4.78, 5) is 1.60. The molecule has 0 saturated carbocycles. The standard InChI is InChI=1S/C15H24N2OS2/c1-3-10-18-11-6-9-17-12-7-5-8-13(20-4-2)14(12)15(16)19/h5,7-8,17H,3-4,6,9-11H2,1-2H3,(H2,16,19). The van der Waals surface area contributed by atoms with E-state index in [1.165, 1.54) is 0 Å². The fraction of sp³-hybridized carbons (Fsp3) is 0.533. The minimum Gasteiger partial charge on any atom is -0.389 e. The molecule has 5 heteroatoms. The van der Waals surface area contributed by atoms with E-state index in [1.807, 2.05) is 12.1 Å². The van der Waals surface area contributed by atoms with E-state index in [0.29, 0.717) is 4.99 Å². The molecule has 0 spiro atoms. The normalized spacial score (nSPS) is 10.5. The van der Waals surface area contributed by atoms with Gasteiger partial charge in [-0.05, 0) is 30.7 Å². The monoisotopic (exact) mass is 312 g/mol. The van der Waals surface area contributed by atoms with Crippen molar-refractivity contribution >= 4 is 34.7 Å². The maximum atomic E-state index is 5.87. The van der Waals surface area contributed by atoms with Gasteiger partial charge < -0.3 is 15.8 Å². The molecule has 0 atom stereocenters. The zero-order chi connectivity index (χ0) is 14.8. The van der Waals surface area contributed by atoms with Gasteiger partial charge in [0.05, 0.1) is 0 Å². The Morgan fingerprint density at radius 1 is 1.35 bits per heavy atom. The van der Waals surface area contributed by atoms with Crippen LogP contribution >= 0.6 is 24.0 Å². The lowest BCUT2D eigenvalue weighted by molar-refractivity contribution is 0.134. The first-order valence-corrected chi connectivity index (χ1v) is 8.47. The van der Waals surface area contributed by atoms with E-state index in [9.17, 15) is 0 Å². The highest BCUT2D eigenvalue weighted by Gasteiger charge is 2.10. The molecule has 0 aliphatic carbocycles. The molecule has 1 aromatic carbocycles. The first-order valence-electron chi connectivity index (χ1n) is 7.07. The molecule has 1 rings (SSSR count). The summed E-state index contributed by atoms with van der Waals surface area (Å²) in [6.45, 7) is 6.72. The van der Waals surface area contributed by atoms with Crippen molar-refractivity contribution in [1.82, 2.24) is 0 Å². The van der Waals surface area contributed by atoms with Gasteiger partial charge in [-0.2, -0.15) is 0 Å². The number of ether oxygens (including phenoxy) is 1. The summed E-state index contributed by atoms with van der Waals surface area (Å²) in [7, 11) is 0. The van der Waals surface area contributed by atoms with Crippen LogP contribution in [0.5, 0.6) is 0 Å². The average Bonchev–Trinajstić information content (AvgIpc) is 2.43. The zero-order valence-electron chi connectivity index (χ0n) is 12.3. The summed E-state index contributed by atoms with van der Waals surface area (Å²) in [5.74, 6) is 1.00. The fourth-order valence-electron chi connectivity index (χ4n) is 1.85. The highest BCUT2D eigenvalue weighted by Crippen LogP contribution is 2.28. The van der Waals surface area contributed by atoms with Gasteiger partial charge in [0.2, 0.25) is 0 Å². The Morgan fingerprint density at radius 3 is 2.80 bits per heavy atom. The Kier molecular flexibility index (Phi) is 8.65. The molecule has 112 valence electrons. The molecular weight excluding hydrogens is 288 g/mol. The third-order valence-corrected chi connectivity index (χ3v) is 3.85. The van der Waals surface area contributed by atoms with Gasteiger partial charge >= 0.3 is 0 Å². The number of nitrogens with one attached hydrogen (secondary N) is 1. The van der Waals surface area contributed by atoms with Gasteiger partial charge in [0, 0.05) is 35.9 Å². The highest BCUT2D eigenvalue weighted by molar-refractivity contribution is 7.99. The van der Waals surface area contributed by atoms with Crippen molar-refractivity contribution in [1.29, 1.82) is 0 Å². The summed E-state index contributed by atoms with van der Waals surface area (Å²) in [5.41, 5.74) is 7.85. The molecule has 0 unspecified atom stereocenters. The second-order valence-electron chi connectivity index (χ2n) is 4.37. The van der Waals surface area contributed by atoms with Crippen LogP contribution in [0, 0.1) is 0 Å². The minimum absolute atomic E-state index is 0.450. The highest BCUT2D eigenvalue weighted by atomic mass is 32.2. The maximum absolute atomic E-state index is 5.87. The Bertz CT molecular complexity index is 424. The van der Waals surface area contributed by atoms with E-state index in [-0.39, 0.29) is 0 Å². The SMILES string of the molecule is CCCOCCCNc1cccc(SCC)c1C(N)=S. The van der Waals surface area contributed by atoms with Gasteiger partial charge in [-0.1, -0.05) is 32.1 Å². The number of hydrogen-bond donors (Lipinski definition) is 2.